The molecule has 4 aliphatic rings. The lowest BCUT2D eigenvalue weighted by Gasteiger charge is -2.44. The van der Waals surface area contributed by atoms with Gasteiger partial charge < -0.3 is 19.3 Å². The molecule has 0 atom stereocenters. The van der Waals surface area contributed by atoms with Crippen molar-refractivity contribution in [2.75, 3.05) is 32.2 Å². The maximum atomic E-state index is 13.1. The molecule has 0 N–H and O–H groups in total. The third-order valence-electron chi connectivity index (χ3n) is 6.60. The molecule has 0 unspecified atom stereocenters. The third-order valence-corrected chi connectivity index (χ3v) is 8.15. The van der Waals surface area contributed by atoms with E-state index in [9.17, 15) is 9.59 Å². The number of piperidine rings is 1. The molecule has 1 aromatic rings. The van der Waals surface area contributed by atoms with Crippen molar-refractivity contribution in [1.82, 2.24) is 9.80 Å². The average molecular weight is 403 g/mol. The standard InChI is InChI=1S/C21H26N2O4S/c24-19(16-5-6-17-18(13-16)27-14-26-17)22-9-7-21(8-10-22)23(11-12-28-21)20(25)15-3-1-2-4-15/h5-6,13,15H,1-4,7-12,14H2. The van der Waals surface area contributed by atoms with Crippen LogP contribution >= 0.6 is 11.8 Å². The molecule has 1 spiro atoms. The molecule has 1 aromatic carbocycles. The number of carbonyl (C=O) groups is 2. The highest BCUT2D eigenvalue weighted by Crippen LogP contribution is 2.46. The molecule has 0 radical (unpaired) electrons. The first-order valence-electron chi connectivity index (χ1n) is 10.3. The molecule has 1 saturated carbocycles. The summed E-state index contributed by atoms with van der Waals surface area (Å²) in [6.07, 6.45) is 6.17. The number of carbonyl (C=O) groups excluding carboxylic acids is 2. The molecule has 150 valence electrons. The first kappa shape index (κ1) is 18.2. The minimum atomic E-state index is -0.106. The number of fused-ring (bicyclic) bond motifs is 1. The lowest BCUT2D eigenvalue weighted by Crippen LogP contribution is -2.54. The third kappa shape index (κ3) is 3.04. The second-order valence-electron chi connectivity index (χ2n) is 8.13. The Bertz CT molecular complexity index is 785. The van der Waals surface area contributed by atoms with E-state index in [2.05, 4.69) is 4.90 Å². The van der Waals surface area contributed by atoms with Crippen molar-refractivity contribution >= 4 is 23.6 Å². The smallest absolute Gasteiger partial charge is 0.253 e. The van der Waals surface area contributed by atoms with E-state index in [-0.39, 0.29) is 23.5 Å². The molecule has 2 amide bonds. The van der Waals surface area contributed by atoms with E-state index in [0.717, 1.165) is 38.0 Å². The number of ether oxygens (including phenoxy) is 2. The number of likely N-dealkylation sites (tertiary alicyclic amines) is 1. The summed E-state index contributed by atoms with van der Waals surface area (Å²) in [6.45, 7) is 2.45. The quantitative estimate of drug-likeness (QED) is 0.761. The summed E-state index contributed by atoms with van der Waals surface area (Å²) in [5, 5.41) is 0. The Labute approximate surface area is 169 Å². The van der Waals surface area contributed by atoms with Gasteiger partial charge in [0.05, 0.1) is 4.87 Å². The molecule has 6 nitrogen and oxygen atoms in total. The van der Waals surface area contributed by atoms with Crippen molar-refractivity contribution in [3.05, 3.63) is 23.8 Å². The molecule has 3 fully saturated rings. The van der Waals surface area contributed by atoms with E-state index < -0.39 is 0 Å². The average Bonchev–Trinajstić information content (AvgIpc) is 3.48. The predicted molar refractivity (Wildman–Crippen MR) is 107 cm³/mol. The Morgan fingerprint density at radius 1 is 1.04 bits per heavy atom. The van der Waals surface area contributed by atoms with Crippen molar-refractivity contribution in [2.24, 2.45) is 5.92 Å². The molecular weight excluding hydrogens is 376 g/mol. The van der Waals surface area contributed by atoms with E-state index >= 15 is 0 Å². The monoisotopic (exact) mass is 402 g/mol. The number of amides is 2. The van der Waals surface area contributed by atoms with Crippen molar-refractivity contribution < 1.29 is 19.1 Å². The van der Waals surface area contributed by atoms with Crippen LogP contribution in [0.1, 0.15) is 48.9 Å². The largest absolute Gasteiger partial charge is 0.454 e. The summed E-state index contributed by atoms with van der Waals surface area (Å²) in [5.41, 5.74) is 0.637. The van der Waals surface area contributed by atoms with Gasteiger partial charge in [0, 0.05) is 36.9 Å². The van der Waals surface area contributed by atoms with Gasteiger partial charge in [-0.25, -0.2) is 0 Å². The normalized spacial score (nSPS) is 23.6. The number of rotatable bonds is 2. The number of benzene rings is 1. The van der Waals surface area contributed by atoms with Crippen molar-refractivity contribution in [2.45, 2.75) is 43.4 Å². The van der Waals surface area contributed by atoms with Gasteiger partial charge in [-0.05, 0) is 43.9 Å². The van der Waals surface area contributed by atoms with Gasteiger partial charge in [0.15, 0.2) is 11.5 Å². The summed E-state index contributed by atoms with van der Waals surface area (Å²) < 4.78 is 10.7. The topological polar surface area (TPSA) is 59.1 Å². The fraction of sp³-hybridized carbons (Fsp3) is 0.619. The fourth-order valence-electron chi connectivity index (χ4n) is 5.00. The van der Waals surface area contributed by atoms with Crippen LogP contribution < -0.4 is 9.47 Å². The molecule has 0 aromatic heterocycles. The Morgan fingerprint density at radius 2 is 1.79 bits per heavy atom. The van der Waals surface area contributed by atoms with E-state index in [1.807, 2.05) is 16.7 Å². The van der Waals surface area contributed by atoms with E-state index in [0.29, 0.717) is 36.1 Å². The zero-order valence-corrected chi connectivity index (χ0v) is 16.8. The van der Waals surface area contributed by atoms with Crippen molar-refractivity contribution in [3.63, 3.8) is 0 Å². The van der Waals surface area contributed by atoms with E-state index in [1.54, 1.807) is 18.2 Å². The van der Waals surface area contributed by atoms with Gasteiger partial charge in [0.1, 0.15) is 0 Å². The van der Waals surface area contributed by atoms with Crippen LogP contribution in [0.4, 0.5) is 0 Å². The van der Waals surface area contributed by atoms with Crippen molar-refractivity contribution in [3.8, 4) is 11.5 Å². The number of hydrogen-bond donors (Lipinski definition) is 0. The Morgan fingerprint density at radius 3 is 2.57 bits per heavy atom. The highest BCUT2D eigenvalue weighted by Gasteiger charge is 2.48. The maximum Gasteiger partial charge on any atom is 0.253 e. The second-order valence-corrected chi connectivity index (χ2v) is 9.58. The lowest BCUT2D eigenvalue weighted by molar-refractivity contribution is -0.138. The molecule has 7 heteroatoms. The summed E-state index contributed by atoms with van der Waals surface area (Å²) >= 11 is 1.92. The van der Waals surface area contributed by atoms with Crippen LogP contribution in [0.5, 0.6) is 11.5 Å². The SMILES string of the molecule is O=C(c1ccc2c(c1)OCO2)N1CCC2(CC1)SCCN2C(=O)C1CCCC1. The predicted octanol–water partition coefficient (Wildman–Crippen LogP) is 3.11. The molecular formula is C21H26N2O4S. The maximum absolute atomic E-state index is 13.1. The summed E-state index contributed by atoms with van der Waals surface area (Å²) in [4.78, 5) is 30.0. The number of nitrogens with zero attached hydrogens (tertiary/aromatic N) is 2. The van der Waals surface area contributed by atoms with Gasteiger partial charge in [0.2, 0.25) is 12.7 Å². The van der Waals surface area contributed by atoms with Crippen LogP contribution in [0.15, 0.2) is 18.2 Å². The van der Waals surface area contributed by atoms with Crippen LogP contribution in [0.3, 0.4) is 0 Å². The van der Waals surface area contributed by atoms with Gasteiger partial charge >= 0.3 is 0 Å². The fourth-order valence-corrected chi connectivity index (χ4v) is 6.46. The Balaban J connectivity index is 1.26. The zero-order valence-electron chi connectivity index (χ0n) is 16.0. The van der Waals surface area contributed by atoms with E-state index in [1.165, 1.54) is 12.8 Å². The van der Waals surface area contributed by atoms with Crippen LogP contribution in [0, 0.1) is 5.92 Å². The van der Waals surface area contributed by atoms with Crippen molar-refractivity contribution in [1.29, 1.82) is 0 Å². The lowest BCUT2D eigenvalue weighted by atomic mass is 9.98. The first-order valence-corrected chi connectivity index (χ1v) is 11.3. The highest BCUT2D eigenvalue weighted by molar-refractivity contribution is 8.00. The van der Waals surface area contributed by atoms with Gasteiger partial charge in [-0.1, -0.05) is 12.8 Å². The van der Waals surface area contributed by atoms with Gasteiger partial charge in [0.25, 0.3) is 5.91 Å². The second kappa shape index (κ2) is 7.17. The zero-order chi connectivity index (χ0) is 19.1. The summed E-state index contributed by atoms with van der Waals surface area (Å²) in [5.74, 6) is 2.96. The molecule has 5 rings (SSSR count). The van der Waals surface area contributed by atoms with Crippen LogP contribution in [0.2, 0.25) is 0 Å². The van der Waals surface area contributed by atoms with Gasteiger partial charge in [-0.2, -0.15) is 0 Å². The Kier molecular flexibility index (Phi) is 4.65. The van der Waals surface area contributed by atoms with Gasteiger partial charge in [-0.3, -0.25) is 9.59 Å². The number of hydrogen-bond acceptors (Lipinski definition) is 5. The molecule has 3 aliphatic heterocycles. The minimum Gasteiger partial charge on any atom is -0.454 e. The minimum absolute atomic E-state index is 0.0322. The highest BCUT2D eigenvalue weighted by atomic mass is 32.2. The molecule has 3 heterocycles. The van der Waals surface area contributed by atoms with Crippen LogP contribution in [-0.2, 0) is 4.79 Å². The summed E-state index contributed by atoms with van der Waals surface area (Å²) in [7, 11) is 0. The summed E-state index contributed by atoms with van der Waals surface area (Å²) in [6, 6.07) is 5.38. The molecule has 1 aliphatic carbocycles. The van der Waals surface area contributed by atoms with Crippen LogP contribution in [-0.4, -0.2) is 58.7 Å². The number of thioether (sulfide) groups is 1. The first-order chi connectivity index (χ1) is 13.7. The Hall–Kier alpha value is -1.89. The molecule has 0 bridgehead atoms. The molecule has 28 heavy (non-hydrogen) atoms. The van der Waals surface area contributed by atoms with E-state index in [4.69, 9.17) is 9.47 Å². The molecule has 2 saturated heterocycles. The van der Waals surface area contributed by atoms with Crippen LogP contribution in [0.25, 0.3) is 0 Å². The van der Waals surface area contributed by atoms with Gasteiger partial charge in [-0.15, -0.1) is 11.8 Å².